The predicted octanol–water partition coefficient (Wildman–Crippen LogP) is 4.99. The molecule has 0 fully saturated rings. The molecule has 0 aliphatic heterocycles. The van der Waals surface area contributed by atoms with Gasteiger partial charge in [0.1, 0.15) is 6.29 Å². The van der Waals surface area contributed by atoms with Gasteiger partial charge in [0.2, 0.25) is 0 Å². The summed E-state index contributed by atoms with van der Waals surface area (Å²) in [5.41, 5.74) is 6.86. The SMILES string of the molecule is C=C(CCC1C2=C(C=CCC2C)c2ccccc21)NC(C=O)CC. The molecule has 0 radical (unpaired) electrons. The first-order valence-corrected chi connectivity index (χ1v) is 9.05. The van der Waals surface area contributed by atoms with Crippen molar-refractivity contribution in [3.8, 4) is 0 Å². The molecule has 3 atom stereocenters. The molecule has 0 aromatic heterocycles. The van der Waals surface area contributed by atoms with Crippen molar-refractivity contribution in [3.63, 3.8) is 0 Å². The Bertz CT molecular complexity index is 698. The highest BCUT2D eigenvalue weighted by molar-refractivity contribution is 5.85. The van der Waals surface area contributed by atoms with Crippen LogP contribution in [0.4, 0.5) is 0 Å². The highest BCUT2D eigenvalue weighted by Crippen LogP contribution is 2.50. The lowest BCUT2D eigenvalue weighted by Gasteiger charge is -2.24. The Balaban J connectivity index is 1.77. The maximum atomic E-state index is 11.0. The second-order valence-electron chi connectivity index (χ2n) is 6.99. The van der Waals surface area contributed by atoms with E-state index in [2.05, 4.69) is 55.2 Å². The Hall–Kier alpha value is -2.09. The van der Waals surface area contributed by atoms with E-state index in [0.29, 0.717) is 11.8 Å². The fraction of sp³-hybridized carbons (Fsp3) is 0.409. The highest BCUT2D eigenvalue weighted by Gasteiger charge is 2.33. The van der Waals surface area contributed by atoms with Crippen LogP contribution >= 0.6 is 0 Å². The number of fused-ring (bicyclic) bond motifs is 2. The highest BCUT2D eigenvalue weighted by atomic mass is 16.1. The average molecular weight is 321 g/mol. The molecular weight excluding hydrogens is 294 g/mol. The fourth-order valence-electron chi connectivity index (χ4n) is 4.07. The van der Waals surface area contributed by atoms with Crippen molar-refractivity contribution in [2.75, 3.05) is 0 Å². The minimum Gasteiger partial charge on any atom is -0.379 e. The molecule has 3 unspecified atom stereocenters. The van der Waals surface area contributed by atoms with Crippen LogP contribution in [0.15, 0.2) is 54.3 Å². The molecule has 2 aliphatic rings. The smallest absolute Gasteiger partial charge is 0.142 e. The van der Waals surface area contributed by atoms with Gasteiger partial charge in [0.25, 0.3) is 0 Å². The maximum absolute atomic E-state index is 11.0. The third-order valence-electron chi connectivity index (χ3n) is 5.35. The van der Waals surface area contributed by atoms with Gasteiger partial charge in [-0.25, -0.2) is 0 Å². The van der Waals surface area contributed by atoms with Crippen molar-refractivity contribution < 1.29 is 4.79 Å². The Morgan fingerprint density at radius 1 is 1.42 bits per heavy atom. The minimum absolute atomic E-state index is 0.111. The summed E-state index contributed by atoms with van der Waals surface area (Å²) in [6.45, 7) is 8.48. The molecule has 2 aliphatic carbocycles. The number of carbonyl (C=O) groups is 1. The quantitative estimate of drug-likeness (QED) is 0.716. The van der Waals surface area contributed by atoms with Crippen molar-refractivity contribution in [1.82, 2.24) is 5.32 Å². The summed E-state index contributed by atoms with van der Waals surface area (Å²) in [6, 6.07) is 8.69. The third kappa shape index (κ3) is 3.10. The molecule has 1 N–H and O–H groups in total. The molecular formula is C22H27NO. The summed E-state index contributed by atoms with van der Waals surface area (Å²) in [7, 11) is 0. The molecule has 0 heterocycles. The Morgan fingerprint density at radius 3 is 2.96 bits per heavy atom. The normalized spacial score (nSPS) is 22.8. The van der Waals surface area contributed by atoms with Gasteiger partial charge in [0, 0.05) is 11.6 Å². The van der Waals surface area contributed by atoms with E-state index < -0.39 is 0 Å². The molecule has 0 saturated heterocycles. The zero-order valence-electron chi connectivity index (χ0n) is 14.7. The zero-order chi connectivity index (χ0) is 17.1. The third-order valence-corrected chi connectivity index (χ3v) is 5.35. The second-order valence-corrected chi connectivity index (χ2v) is 6.99. The van der Waals surface area contributed by atoms with Crippen LogP contribution in [0, 0.1) is 5.92 Å². The van der Waals surface area contributed by atoms with Gasteiger partial charge in [0.15, 0.2) is 0 Å². The molecule has 126 valence electrons. The van der Waals surface area contributed by atoms with Gasteiger partial charge in [-0.2, -0.15) is 0 Å². The van der Waals surface area contributed by atoms with Gasteiger partial charge in [-0.05, 0) is 48.3 Å². The summed E-state index contributed by atoms with van der Waals surface area (Å²) >= 11 is 0. The van der Waals surface area contributed by atoms with E-state index in [-0.39, 0.29) is 6.04 Å². The van der Waals surface area contributed by atoms with Crippen LogP contribution in [0.5, 0.6) is 0 Å². The molecule has 24 heavy (non-hydrogen) atoms. The molecule has 0 bridgehead atoms. The molecule has 0 saturated carbocycles. The Morgan fingerprint density at radius 2 is 2.21 bits per heavy atom. The molecule has 0 amide bonds. The van der Waals surface area contributed by atoms with E-state index in [1.54, 1.807) is 5.57 Å². The van der Waals surface area contributed by atoms with Crippen molar-refractivity contribution >= 4 is 11.9 Å². The van der Waals surface area contributed by atoms with E-state index in [0.717, 1.165) is 37.7 Å². The number of hydrogen-bond donors (Lipinski definition) is 1. The Labute approximate surface area is 145 Å². The van der Waals surface area contributed by atoms with E-state index >= 15 is 0 Å². The van der Waals surface area contributed by atoms with Crippen LogP contribution < -0.4 is 5.32 Å². The van der Waals surface area contributed by atoms with Crippen molar-refractivity contribution in [3.05, 3.63) is 65.4 Å². The van der Waals surface area contributed by atoms with Crippen LogP contribution in [0.1, 0.15) is 56.6 Å². The Kier molecular flexibility index (Phi) is 5.03. The van der Waals surface area contributed by atoms with Crippen LogP contribution in [-0.2, 0) is 4.79 Å². The number of allylic oxidation sites excluding steroid dienone is 5. The lowest BCUT2D eigenvalue weighted by Crippen LogP contribution is -2.28. The predicted molar refractivity (Wildman–Crippen MR) is 101 cm³/mol. The first-order valence-electron chi connectivity index (χ1n) is 9.05. The van der Waals surface area contributed by atoms with Crippen LogP contribution in [0.25, 0.3) is 5.57 Å². The molecule has 2 heteroatoms. The molecule has 1 aromatic rings. The number of benzene rings is 1. The average Bonchev–Trinajstić information content (AvgIpc) is 2.93. The number of nitrogens with one attached hydrogen (secondary N) is 1. The number of aldehydes is 1. The lowest BCUT2D eigenvalue weighted by molar-refractivity contribution is -0.109. The number of carbonyl (C=O) groups excluding carboxylic acids is 1. The van der Waals surface area contributed by atoms with Crippen LogP contribution in [-0.4, -0.2) is 12.3 Å². The van der Waals surface area contributed by atoms with E-state index in [4.69, 9.17) is 0 Å². The van der Waals surface area contributed by atoms with Crippen LogP contribution in [0.3, 0.4) is 0 Å². The van der Waals surface area contributed by atoms with Gasteiger partial charge < -0.3 is 10.1 Å². The maximum Gasteiger partial charge on any atom is 0.142 e. The van der Waals surface area contributed by atoms with Gasteiger partial charge in [-0.3, -0.25) is 0 Å². The summed E-state index contributed by atoms with van der Waals surface area (Å²) in [4.78, 5) is 11.0. The topological polar surface area (TPSA) is 29.1 Å². The van der Waals surface area contributed by atoms with Gasteiger partial charge >= 0.3 is 0 Å². The first-order chi connectivity index (χ1) is 11.7. The van der Waals surface area contributed by atoms with E-state index in [9.17, 15) is 4.79 Å². The zero-order valence-corrected chi connectivity index (χ0v) is 14.7. The summed E-state index contributed by atoms with van der Waals surface area (Å²) in [6.07, 6.45) is 9.47. The standard InChI is InChI=1S/C22H27NO/c1-4-17(14-24)23-16(3)12-13-21-19-10-6-5-9-18(19)20-11-7-8-15(2)22(20)21/h5-7,9-11,14-15,17,21,23H,3-4,8,12-13H2,1-2H3. The largest absolute Gasteiger partial charge is 0.379 e. The molecule has 3 rings (SSSR count). The second kappa shape index (κ2) is 7.21. The molecule has 0 spiro atoms. The van der Waals surface area contributed by atoms with Gasteiger partial charge in [-0.15, -0.1) is 0 Å². The van der Waals surface area contributed by atoms with E-state index in [1.807, 2.05) is 6.92 Å². The van der Waals surface area contributed by atoms with Crippen molar-refractivity contribution in [1.29, 1.82) is 0 Å². The van der Waals surface area contributed by atoms with Gasteiger partial charge in [-0.1, -0.05) is 62.4 Å². The van der Waals surface area contributed by atoms with Gasteiger partial charge in [0.05, 0.1) is 6.04 Å². The molecule has 1 aromatic carbocycles. The van der Waals surface area contributed by atoms with Crippen LogP contribution in [0.2, 0.25) is 0 Å². The summed E-state index contributed by atoms with van der Waals surface area (Å²) in [5, 5.41) is 3.25. The van der Waals surface area contributed by atoms with Crippen molar-refractivity contribution in [2.45, 2.75) is 51.5 Å². The lowest BCUT2D eigenvalue weighted by atomic mass is 9.81. The summed E-state index contributed by atoms with van der Waals surface area (Å²) < 4.78 is 0. The fourth-order valence-corrected chi connectivity index (χ4v) is 4.07. The minimum atomic E-state index is -0.111. The number of hydrogen-bond acceptors (Lipinski definition) is 2. The monoisotopic (exact) mass is 321 g/mol. The van der Waals surface area contributed by atoms with Crippen molar-refractivity contribution in [2.24, 2.45) is 5.92 Å². The molecule has 2 nitrogen and oxygen atoms in total. The van der Waals surface area contributed by atoms with E-state index in [1.165, 1.54) is 16.7 Å². The summed E-state index contributed by atoms with van der Waals surface area (Å²) in [5.74, 6) is 1.08. The number of rotatable bonds is 7. The first kappa shape index (κ1) is 16.8.